The standard InChI is InChI=1S/C24H43NO2/c1-3-5-6-7-8-9-10-11-12-13-14-18-22-27-25(21-23-26-4-2)24-19-16-15-17-20-24/h15-17,19-20H,3-14,18,21-23H2,1-2H3. The van der Waals surface area contributed by atoms with E-state index >= 15 is 0 Å². The molecule has 0 radical (unpaired) electrons. The van der Waals surface area contributed by atoms with Gasteiger partial charge >= 0.3 is 0 Å². The lowest BCUT2D eigenvalue weighted by molar-refractivity contribution is 0.0759. The van der Waals surface area contributed by atoms with Gasteiger partial charge < -0.3 is 4.74 Å². The molecule has 0 aromatic heterocycles. The number of para-hydroxylation sites is 1. The van der Waals surface area contributed by atoms with Crippen molar-refractivity contribution in [3.8, 4) is 0 Å². The Labute approximate surface area is 168 Å². The van der Waals surface area contributed by atoms with E-state index in [2.05, 4.69) is 31.2 Å². The summed E-state index contributed by atoms with van der Waals surface area (Å²) in [5.74, 6) is 0. The number of hydroxylamine groups is 1. The predicted octanol–water partition coefficient (Wildman–Crippen LogP) is 7.16. The fourth-order valence-corrected chi connectivity index (χ4v) is 3.27. The van der Waals surface area contributed by atoms with Crippen LogP contribution < -0.4 is 5.06 Å². The first-order valence-electron chi connectivity index (χ1n) is 11.4. The Balaban J connectivity index is 2.01. The van der Waals surface area contributed by atoms with Crippen molar-refractivity contribution in [2.75, 3.05) is 31.4 Å². The van der Waals surface area contributed by atoms with E-state index in [1.54, 1.807) is 0 Å². The zero-order valence-corrected chi connectivity index (χ0v) is 18.0. The van der Waals surface area contributed by atoms with Crippen LogP contribution in [0.5, 0.6) is 0 Å². The van der Waals surface area contributed by atoms with Gasteiger partial charge in [0.15, 0.2) is 0 Å². The highest BCUT2D eigenvalue weighted by Gasteiger charge is 2.06. The van der Waals surface area contributed by atoms with Gasteiger partial charge in [-0.25, -0.2) is 0 Å². The molecular weight excluding hydrogens is 334 g/mol. The molecule has 0 saturated carbocycles. The van der Waals surface area contributed by atoms with E-state index in [-0.39, 0.29) is 0 Å². The third-order valence-electron chi connectivity index (χ3n) is 4.93. The number of nitrogens with zero attached hydrogens (tertiary/aromatic N) is 1. The number of rotatable bonds is 19. The van der Waals surface area contributed by atoms with Gasteiger partial charge in [0.05, 0.1) is 25.4 Å². The van der Waals surface area contributed by atoms with Crippen LogP contribution >= 0.6 is 0 Å². The summed E-state index contributed by atoms with van der Waals surface area (Å²) in [6.07, 6.45) is 16.4. The van der Waals surface area contributed by atoms with Crippen molar-refractivity contribution in [1.29, 1.82) is 0 Å². The molecule has 1 aromatic carbocycles. The van der Waals surface area contributed by atoms with Crippen molar-refractivity contribution in [3.63, 3.8) is 0 Å². The highest BCUT2D eigenvalue weighted by molar-refractivity contribution is 5.43. The van der Waals surface area contributed by atoms with Gasteiger partial charge in [0.2, 0.25) is 0 Å². The third kappa shape index (κ3) is 13.7. The molecule has 1 aromatic rings. The van der Waals surface area contributed by atoms with Gasteiger partial charge in [-0.05, 0) is 25.5 Å². The normalized spacial score (nSPS) is 11.0. The van der Waals surface area contributed by atoms with Crippen LogP contribution in [0.3, 0.4) is 0 Å². The quantitative estimate of drug-likeness (QED) is 0.188. The highest BCUT2D eigenvalue weighted by atomic mass is 16.7. The first-order chi connectivity index (χ1) is 13.4. The lowest BCUT2D eigenvalue weighted by atomic mass is 10.1. The van der Waals surface area contributed by atoms with Crippen LogP contribution in [0.25, 0.3) is 0 Å². The zero-order chi connectivity index (χ0) is 19.4. The second-order valence-corrected chi connectivity index (χ2v) is 7.36. The number of ether oxygens (including phenoxy) is 1. The molecule has 0 aliphatic rings. The summed E-state index contributed by atoms with van der Waals surface area (Å²) >= 11 is 0. The summed E-state index contributed by atoms with van der Waals surface area (Å²) < 4.78 is 5.48. The number of hydrogen-bond acceptors (Lipinski definition) is 3. The molecule has 0 saturated heterocycles. The first kappa shape index (κ1) is 24.0. The molecule has 0 fully saturated rings. The number of anilines is 1. The van der Waals surface area contributed by atoms with Gasteiger partial charge in [0, 0.05) is 6.61 Å². The number of unbranched alkanes of at least 4 members (excludes halogenated alkanes) is 11. The Morgan fingerprint density at radius 1 is 0.667 bits per heavy atom. The van der Waals surface area contributed by atoms with E-state index in [1.165, 1.54) is 70.6 Å². The molecule has 0 heterocycles. The van der Waals surface area contributed by atoms with Crippen molar-refractivity contribution >= 4 is 5.69 Å². The molecule has 3 nitrogen and oxygen atoms in total. The Morgan fingerprint density at radius 3 is 1.78 bits per heavy atom. The van der Waals surface area contributed by atoms with Crippen molar-refractivity contribution in [3.05, 3.63) is 30.3 Å². The van der Waals surface area contributed by atoms with Crippen molar-refractivity contribution in [1.82, 2.24) is 0 Å². The van der Waals surface area contributed by atoms with E-state index in [1.807, 2.05) is 18.1 Å². The van der Waals surface area contributed by atoms with Gasteiger partial charge in [-0.1, -0.05) is 95.8 Å². The van der Waals surface area contributed by atoms with Crippen LogP contribution in [-0.2, 0) is 9.57 Å². The van der Waals surface area contributed by atoms with E-state index in [9.17, 15) is 0 Å². The van der Waals surface area contributed by atoms with Crippen molar-refractivity contribution in [2.45, 2.75) is 90.9 Å². The zero-order valence-electron chi connectivity index (χ0n) is 18.0. The van der Waals surface area contributed by atoms with Crippen molar-refractivity contribution < 1.29 is 9.57 Å². The molecule has 0 aliphatic carbocycles. The molecule has 0 bridgehead atoms. The van der Waals surface area contributed by atoms with Crippen LogP contribution in [0.15, 0.2) is 30.3 Å². The van der Waals surface area contributed by atoms with Crippen LogP contribution in [0.2, 0.25) is 0 Å². The Morgan fingerprint density at radius 2 is 1.22 bits per heavy atom. The van der Waals surface area contributed by atoms with Crippen LogP contribution in [-0.4, -0.2) is 26.4 Å². The summed E-state index contributed by atoms with van der Waals surface area (Å²) in [6.45, 7) is 7.32. The van der Waals surface area contributed by atoms with Gasteiger partial charge in [-0.15, -0.1) is 0 Å². The molecule has 3 heteroatoms. The predicted molar refractivity (Wildman–Crippen MR) is 117 cm³/mol. The highest BCUT2D eigenvalue weighted by Crippen LogP contribution is 2.15. The smallest absolute Gasteiger partial charge is 0.0748 e. The Hall–Kier alpha value is -1.06. The average molecular weight is 378 g/mol. The van der Waals surface area contributed by atoms with Crippen LogP contribution in [0.4, 0.5) is 5.69 Å². The average Bonchev–Trinajstić information content (AvgIpc) is 2.71. The summed E-state index contributed by atoms with van der Waals surface area (Å²) in [5.41, 5.74) is 1.11. The Kier molecular flexibility index (Phi) is 16.3. The van der Waals surface area contributed by atoms with Crippen LogP contribution in [0, 0.1) is 0 Å². The largest absolute Gasteiger partial charge is 0.380 e. The summed E-state index contributed by atoms with van der Waals surface area (Å²) in [6, 6.07) is 10.3. The van der Waals surface area contributed by atoms with Crippen molar-refractivity contribution in [2.24, 2.45) is 0 Å². The fraction of sp³-hybridized carbons (Fsp3) is 0.750. The molecule has 27 heavy (non-hydrogen) atoms. The number of hydrogen-bond donors (Lipinski definition) is 0. The number of benzene rings is 1. The minimum atomic E-state index is 0.698. The molecule has 0 atom stereocenters. The summed E-state index contributed by atoms with van der Waals surface area (Å²) in [5, 5.41) is 1.98. The van der Waals surface area contributed by atoms with E-state index in [0.29, 0.717) is 6.61 Å². The van der Waals surface area contributed by atoms with E-state index in [4.69, 9.17) is 9.57 Å². The fourth-order valence-electron chi connectivity index (χ4n) is 3.27. The monoisotopic (exact) mass is 377 g/mol. The van der Waals surface area contributed by atoms with Gasteiger partial charge in [-0.3, -0.25) is 9.90 Å². The molecule has 0 unspecified atom stereocenters. The summed E-state index contributed by atoms with van der Waals surface area (Å²) in [7, 11) is 0. The Bertz CT molecular complexity index is 410. The molecule has 0 amide bonds. The first-order valence-corrected chi connectivity index (χ1v) is 11.4. The molecule has 1 rings (SSSR count). The molecule has 0 spiro atoms. The molecule has 0 aliphatic heterocycles. The van der Waals surface area contributed by atoms with Gasteiger partial charge in [-0.2, -0.15) is 0 Å². The van der Waals surface area contributed by atoms with Gasteiger partial charge in [0.1, 0.15) is 0 Å². The third-order valence-corrected chi connectivity index (χ3v) is 4.93. The summed E-state index contributed by atoms with van der Waals surface area (Å²) in [4.78, 5) is 6.02. The van der Waals surface area contributed by atoms with Crippen LogP contribution in [0.1, 0.15) is 90.9 Å². The van der Waals surface area contributed by atoms with E-state index < -0.39 is 0 Å². The topological polar surface area (TPSA) is 21.7 Å². The van der Waals surface area contributed by atoms with Gasteiger partial charge in [0.25, 0.3) is 0 Å². The minimum Gasteiger partial charge on any atom is -0.380 e. The lowest BCUT2D eigenvalue weighted by Gasteiger charge is -2.23. The molecule has 156 valence electrons. The van der Waals surface area contributed by atoms with E-state index in [0.717, 1.165) is 31.9 Å². The maximum atomic E-state index is 6.02. The maximum Gasteiger partial charge on any atom is 0.0748 e. The maximum absolute atomic E-state index is 6.02. The minimum absolute atomic E-state index is 0.698. The second kappa shape index (κ2) is 18.3. The molecule has 0 N–H and O–H groups in total. The SMILES string of the molecule is CCCCCCCCCCCCCCON(CCOCC)c1ccccc1. The second-order valence-electron chi connectivity index (χ2n) is 7.36. The lowest BCUT2D eigenvalue weighted by Crippen LogP contribution is -2.28. The molecular formula is C24H43NO2.